The summed E-state index contributed by atoms with van der Waals surface area (Å²) in [6, 6.07) is 82.2. The zero-order valence-electron chi connectivity index (χ0n) is 42.1. The molecule has 360 valence electrons. The Morgan fingerprint density at radius 3 is 1.89 bits per heavy atom. The van der Waals surface area contributed by atoms with Crippen LogP contribution in [-0.4, -0.2) is 11.5 Å². The molecule has 4 heteroatoms. The lowest BCUT2D eigenvalue weighted by molar-refractivity contribution is 0.658. The summed E-state index contributed by atoms with van der Waals surface area (Å²) >= 11 is 0. The minimum atomic E-state index is 0.190. The van der Waals surface area contributed by atoms with E-state index in [2.05, 4.69) is 238 Å². The first-order chi connectivity index (χ1) is 37.1. The minimum absolute atomic E-state index is 0.190. The third-order valence-electron chi connectivity index (χ3n) is 15.2. The molecule has 0 aliphatic carbocycles. The predicted octanol–water partition coefficient (Wildman–Crippen LogP) is 19.3. The molecule has 13 rings (SSSR count). The van der Waals surface area contributed by atoms with Gasteiger partial charge >= 0.3 is 0 Å². The van der Waals surface area contributed by atoms with Crippen LogP contribution in [0.2, 0.25) is 0 Å². The number of aryl methyl sites for hydroxylation is 1. The summed E-state index contributed by atoms with van der Waals surface area (Å²) in [6.07, 6.45) is 5.59. The van der Waals surface area contributed by atoms with Crippen LogP contribution in [0.25, 0.3) is 94.1 Å². The van der Waals surface area contributed by atoms with Gasteiger partial charge in [0, 0.05) is 32.7 Å². The molecule has 1 aliphatic heterocycles. The molecule has 3 heterocycles. The van der Waals surface area contributed by atoms with Crippen LogP contribution in [0.5, 0.6) is 0 Å². The van der Waals surface area contributed by atoms with Crippen molar-refractivity contribution in [2.75, 3.05) is 0 Å². The van der Waals surface area contributed by atoms with Crippen LogP contribution in [0, 0.1) is 6.92 Å². The number of furan rings is 2. The van der Waals surface area contributed by atoms with E-state index in [4.69, 9.17) is 18.8 Å². The third kappa shape index (κ3) is 8.58. The van der Waals surface area contributed by atoms with E-state index in [-0.39, 0.29) is 5.92 Å². The first kappa shape index (κ1) is 45.7. The Hall–Kier alpha value is -9.12. The van der Waals surface area contributed by atoms with Gasteiger partial charge in [-0.25, -0.2) is 9.98 Å². The van der Waals surface area contributed by atoms with E-state index in [1.165, 1.54) is 38.9 Å². The quantitative estimate of drug-likeness (QED) is 0.130. The van der Waals surface area contributed by atoms with Crippen LogP contribution in [0.3, 0.4) is 0 Å². The second-order valence-corrected chi connectivity index (χ2v) is 19.8. The lowest BCUT2D eigenvalue weighted by atomic mass is 9.80. The molecule has 0 saturated heterocycles. The molecule has 0 fully saturated rings. The van der Waals surface area contributed by atoms with Gasteiger partial charge in [0.05, 0.1) is 11.4 Å². The fourth-order valence-corrected chi connectivity index (χ4v) is 11.5. The zero-order valence-corrected chi connectivity index (χ0v) is 42.1. The molecule has 2 aromatic heterocycles. The van der Waals surface area contributed by atoms with E-state index in [1.54, 1.807) is 0 Å². The van der Waals surface area contributed by atoms with Gasteiger partial charge in [-0.3, -0.25) is 0 Å². The van der Waals surface area contributed by atoms with Crippen molar-refractivity contribution < 1.29 is 8.83 Å². The number of aliphatic imine (C=N–C) groups is 2. The van der Waals surface area contributed by atoms with E-state index >= 15 is 0 Å². The first-order valence-electron chi connectivity index (χ1n) is 26.3. The lowest BCUT2D eigenvalue weighted by Crippen LogP contribution is -2.09. The van der Waals surface area contributed by atoms with Gasteiger partial charge < -0.3 is 8.83 Å². The summed E-state index contributed by atoms with van der Waals surface area (Å²) in [5.74, 6) is 0.899. The number of hydrogen-bond donors (Lipinski definition) is 0. The fraction of sp³-hybridized carbons (Fsp3) is 0.0986. The molecule has 1 unspecified atom stereocenters. The highest BCUT2D eigenvalue weighted by molar-refractivity contribution is 6.18. The molecule has 10 aromatic carbocycles. The fourth-order valence-electron chi connectivity index (χ4n) is 11.5. The number of para-hydroxylation sites is 2. The number of allylic oxidation sites excluding steroid dienone is 1. The molecule has 0 radical (unpaired) electrons. The Morgan fingerprint density at radius 2 is 1.08 bits per heavy atom. The highest BCUT2D eigenvalue weighted by Gasteiger charge is 2.25. The van der Waals surface area contributed by atoms with Crippen LogP contribution in [0.15, 0.2) is 255 Å². The summed E-state index contributed by atoms with van der Waals surface area (Å²) in [5, 5.41) is 4.46. The molecule has 0 amide bonds. The summed E-state index contributed by atoms with van der Waals surface area (Å²) in [5.41, 5.74) is 21.9. The topological polar surface area (TPSA) is 51.0 Å². The van der Waals surface area contributed by atoms with Gasteiger partial charge in [-0.2, -0.15) is 0 Å². The number of amidine groups is 1. The van der Waals surface area contributed by atoms with Gasteiger partial charge in [-0.15, -0.1) is 0 Å². The average Bonchev–Trinajstić information content (AvgIpc) is 4.06. The molecule has 0 bridgehead atoms. The van der Waals surface area contributed by atoms with E-state index in [9.17, 15) is 0 Å². The summed E-state index contributed by atoms with van der Waals surface area (Å²) < 4.78 is 13.8. The van der Waals surface area contributed by atoms with Gasteiger partial charge in [-0.1, -0.05) is 213 Å². The Labute approximate surface area is 437 Å². The summed E-state index contributed by atoms with van der Waals surface area (Å²) in [7, 11) is 0. The Kier molecular flexibility index (Phi) is 12.0. The highest BCUT2D eigenvalue weighted by atomic mass is 16.3. The van der Waals surface area contributed by atoms with Crippen molar-refractivity contribution >= 4 is 61.1 Å². The van der Waals surface area contributed by atoms with Crippen LogP contribution in [0.4, 0.5) is 0 Å². The van der Waals surface area contributed by atoms with E-state index in [1.807, 2.05) is 12.1 Å². The number of rotatable bonds is 11. The lowest BCUT2D eigenvalue weighted by Gasteiger charge is -2.23. The summed E-state index contributed by atoms with van der Waals surface area (Å²) in [6.45, 7) is 4.56. The predicted molar refractivity (Wildman–Crippen MR) is 314 cm³/mol. The van der Waals surface area contributed by atoms with Crippen molar-refractivity contribution in [2.24, 2.45) is 9.98 Å². The number of nitrogens with zero attached hydrogens (tertiary/aromatic N) is 2. The first-order valence-corrected chi connectivity index (χ1v) is 26.3. The highest BCUT2D eigenvalue weighted by Crippen LogP contribution is 2.46. The second-order valence-electron chi connectivity index (χ2n) is 19.8. The molecule has 0 saturated carbocycles. The van der Waals surface area contributed by atoms with Crippen molar-refractivity contribution in [1.29, 1.82) is 0 Å². The van der Waals surface area contributed by atoms with Crippen LogP contribution in [0.1, 0.15) is 65.5 Å². The molecular formula is C71H54N2O2. The molecule has 1 atom stereocenters. The standard InChI is InChI=1S/C71H54N2O2/c1-3-47(55-40-39-51(48-22-7-4-8-23-48)45-61(55)54-30-14-13-21-46(54)2)44-62-57(41-42-67-69(62)59-31-15-16-37-65(59)74-67)58-33-18-34-60-68-56(32-19-38-66(68)75-70(58)60)52-28-17-29-53(43-52)64-36-20-35-63(49-24-9-5-10-25-49)72-71(73-64)50-26-11-6-12-27-50/h4-19,21-35,37-43,45,47H,3,20,36,44H2,1-2H3/b63-35-,72-71?,73-64?. The van der Waals surface area contributed by atoms with Crippen LogP contribution >= 0.6 is 0 Å². The van der Waals surface area contributed by atoms with Crippen molar-refractivity contribution in [2.45, 2.75) is 45.4 Å². The van der Waals surface area contributed by atoms with Crippen LogP contribution in [-0.2, 0) is 6.42 Å². The molecule has 4 nitrogen and oxygen atoms in total. The summed E-state index contributed by atoms with van der Waals surface area (Å²) in [4.78, 5) is 10.6. The number of hydrogen-bond acceptors (Lipinski definition) is 4. The monoisotopic (exact) mass is 966 g/mol. The maximum Gasteiger partial charge on any atom is 0.160 e. The molecule has 0 N–H and O–H groups in total. The third-order valence-corrected chi connectivity index (χ3v) is 15.2. The van der Waals surface area contributed by atoms with E-state index < -0.39 is 0 Å². The van der Waals surface area contributed by atoms with Gasteiger partial charge in [0.1, 0.15) is 22.3 Å². The maximum absolute atomic E-state index is 7.11. The minimum Gasteiger partial charge on any atom is -0.456 e. The zero-order chi connectivity index (χ0) is 50.2. The second kappa shape index (κ2) is 19.7. The number of benzene rings is 10. The smallest absolute Gasteiger partial charge is 0.160 e. The largest absolute Gasteiger partial charge is 0.456 e. The van der Waals surface area contributed by atoms with Crippen molar-refractivity contribution in [3.05, 3.63) is 270 Å². The van der Waals surface area contributed by atoms with E-state index in [0.717, 1.165) is 120 Å². The Balaban J connectivity index is 0.938. The Morgan fingerprint density at radius 1 is 0.440 bits per heavy atom. The molecular weight excluding hydrogens is 913 g/mol. The average molecular weight is 967 g/mol. The van der Waals surface area contributed by atoms with Gasteiger partial charge in [0.2, 0.25) is 0 Å². The Bertz CT molecular complexity index is 4190. The maximum atomic E-state index is 7.11. The molecule has 1 aliphatic rings. The van der Waals surface area contributed by atoms with Gasteiger partial charge in [0.15, 0.2) is 5.84 Å². The van der Waals surface area contributed by atoms with Gasteiger partial charge in [0.25, 0.3) is 0 Å². The SMILES string of the molecule is CCC(Cc1c(-c2cccc3c2oc2cccc(-c4cccc(C5=NC(c6ccccc6)=N/C(c6ccccc6)=C\CC5)c4)c23)ccc2oc3ccccc3c12)c1ccc(-c2ccccc2)cc1-c1ccccc1C. The van der Waals surface area contributed by atoms with Crippen molar-refractivity contribution in [3.8, 4) is 44.5 Å². The van der Waals surface area contributed by atoms with E-state index in [0.29, 0.717) is 5.84 Å². The van der Waals surface area contributed by atoms with Crippen molar-refractivity contribution in [3.63, 3.8) is 0 Å². The molecule has 75 heavy (non-hydrogen) atoms. The molecule has 0 spiro atoms. The van der Waals surface area contributed by atoms with Gasteiger partial charge in [-0.05, 0) is 136 Å². The number of fused-ring (bicyclic) bond motifs is 6. The van der Waals surface area contributed by atoms with Crippen molar-refractivity contribution in [1.82, 2.24) is 0 Å². The molecule has 12 aromatic rings. The normalized spacial score (nSPS) is 14.1. The van der Waals surface area contributed by atoms with Crippen LogP contribution < -0.4 is 0 Å².